The van der Waals surface area contributed by atoms with Crippen LogP contribution in [-0.4, -0.2) is 9.55 Å². The van der Waals surface area contributed by atoms with Crippen LogP contribution in [0.3, 0.4) is 0 Å². The predicted molar refractivity (Wildman–Crippen MR) is 87.1 cm³/mol. The lowest BCUT2D eigenvalue weighted by Gasteiger charge is -2.09. The van der Waals surface area contributed by atoms with Gasteiger partial charge in [-0.05, 0) is 43.2 Å². The topological polar surface area (TPSA) is 29.9 Å². The summed E-state index contributed by atoms with van der Waals surface area (Å²) in [5, 5.41) is 3.10. The first-order valence-corrected chi connectivity index (χ1v) is 7.53. The van der Waals surface area contributed by atoms with E-state index in [1.807, 2.05) is 36.7 Å². The molecule has 3 rings (SSSR count). The molecule has 0 aliphatic carbocycles. The van der Waals surface area contributed by atoms with Crippen LogP contribution < -0.4 is 5.32 Å². The van der Waals surface area contributed by atoms with E-state index < -0.39 is 11.6 Å². The van der Waals surface area contributed by atoms with Crippen molar-refractivity contribution in [2.45, 2.75) is 26.9 Å². The van der Waals surface area contributed by atoms with Gasteiger partial charge in [0.05, 0.1) is 11.0 Å². The third kappa shape index (κ3) is 2.97. The Labute approximate surface area is 134 Å². The predicted octanol–water partition coefficient (Wildman–Crippen LogP) is 3.76. The summed E-state index contributed by atoms with van der Waals surface area (Å²) >= 11 is 0. The van der Waals surface area contributed by atoms with Gasteiger partial charge in [-0.15, -0.1) is 0 Å². The van der Waals surface area contributed by atoms with Gasteiger partial charge in [0.15, 0.2) is 0 Å². The number of aryl methyl sites for hydroxylation is 3. The third-order valence-corrected chi connectivity index (χ3v) is 4.18. The molecule has 0 radical (unpaired) electrons. The monoisotopic (exact) mass is 315 g/mol. The van der Waals surface area contributed by atoms with Crippen LogP contribution in [0.15, 0.2) is 30.3 Å². The summed E-state index contributed by atoms with van der Waals surface area (Å²) in [6.45, 7) is 4.27. The summed E-state index contributed by atoms with van der Waals surface area (Å²) in [5.74, 6) is -0.0429. The zero-order valence-corrected chi connectivity index (χ0v) is 13.5. The first-order chi connectivity index (χ1) is 11.0. The Morgan fingerprint density at radius 2 is 1.87 bits per heavy atom. The number of hydrogen-bond donors (Lipinski definition) is 1. The van der Waals surface area contributed by atoms with Crippen molar-refractivity contribution in [3.63, 3.8) is 0 Å². The molecule has 3 aromatic rings. The molecule has 0 fully saturated rings. The van der Waals surface area contributed by atoms with E-state index in [9.17, 15) is 8.78 Å². The van der Waals surface area contributed by atoms with Gasteiger partial charge in [-0.2, -0.15) is 0 Å². The minimum atomic E-state index is -0.517. The fraction of sp³-hybridized carbons (Fsp3) is 0.278. The van der Waals surface area contributed by atoms with E-state index in [1.165, 1.54) is 12.1 Å². The number of hydrogen-bond acceptors (Lipinski definition) is 2. The molecule has 1 N–H and O–H groups in total. The summed E-state index contributed by atoms with van der Waals surface area (Å²) in [5.41, 5.74) is 3.57. The second kappa shape index (κ2) is 6.08. The Bertz CT molecular complexity index is 868. The molecule has 0 atom stereocenters. The van der Waals surface area contributed by atoms with Crippen molar-refractivity contribution in [2.75, 3.05) is 0 Å². The molecule has 1 aromatic heterocycles. The Morgan fingerprint density at radius 3 is 2.65 bits per heavy atom. The van der Waals surface area contributed by atoms with E-state index in [-0.39, 0.29) is 12.1 Å². The number of aromatic nitrogens is 2. The molecule has 0 bridgehead atoms. The average molecular weight is 315 g/mol. The molecule has 0 aliphatic heterocycles. The van der Waals surface area contributed by atoms with Crippen molar-refractivity contribution >= 4 is 11.0 Å². The SMILES string of the molecule is Cc1ccc(F)c(CNCc2ccc3c(c2)nc(C)n3C)c1F. The Morgan fingerprint density at radius 1 is 1.09 bits per heavy atom. The average Bonchev–Trinajstić information content (AvgIpc) is 2.81. The number of fused-ring (bicyclic) bond motifs is 1. The fourth-order valence-electron chi connectivity index (χ4n) is 2.68. The van der Waals surface area contributed by atoms with Crippen LogP contribution in [0.1, 0.15) is 22.5 Å². The van der Waals surface area contributed by atoms with Crippen molar-refractivity contribution in [3.05, 3.63) is 64.5 Å². The molecule has 120 valence electrons. The van der Waals surface area contributed by atoms with E-state index >= 15 is 0 Å². The minimum Gasteiger partial charge on any atom is -0.331 e. The second-order valence-corrected chi connectivity index (χ2v) is 5.80. The highest BCUT2D eigenvalue weighted by molar-refractivity contribution is 5.76. The van der Waals surface area contributed by atoms with Crippen molar-refractivity contribution in [2.24, 2.45) is 7.05 Å². The molecule has 0 spiro atoms. The first kappa shape index (κ1) is 15.6. The lowest BCUT2D eigenvalue weighted by molar-refractivity contribution is 0.530. The number of nitrogens with zero attached hydrogens (tertiary/aromatic N) is 2. The minimum absolute atomic E-state index is 0.0831. The summed E-state index contributed by atoms with van der Waals surface area (Å²) in [4.78, 5) is 4.49. The quantitative estimate of drug-likeness (QED) is 0.794. The van der Waals surface area contributed by atoms with Gasteiger partial charge in [0.2, 0.25) is 0 Å². The molecule has 1 heterocycles. The van der Waals surface area contributed by atoms with Gasteiger partial charge in [0, 0.05) is 25.7 Å². The Kier molecular flexibility index (Phi) is 4.13. The van der Waals surface area contributed by atoms with Crippen LogP contribution >= 0.6 is 0 Å². The molecule has 0 saturated carbocycles. The van der Waals surface area contributed by atoms with Crippen molar-refractivity contribution in [1.82, 2.24) is 14.9 Å². The molecule has 23 heavy (non-hydrogen) atoms. The van der Waals surface area contributed by atoms with Crippen LogP contribution in [-0.2, 0) is 20.1 Å². The largest absolute Gasteiger partial charge is 0.331 e. The molecule has 0 saturated heterocycles. The summed E-state index contributed by atoms with van der Waals surface area (Å²) < 4.78 is 29.7. The number of benzene rings is 2. The lowest BCUT2D eigenvalue weighted by Crippen LogP contribution is -2.15. The molecule has 3 nitrogen and oxygen atoms in total. The van der Waals surface area contributed by atoms with Crippen LogP contribution in [0.5, 0.6) is 0 Å². The van der Waals surface area contributed by atoms with Crippen LogP contribution in [0.2, 0.25) is 0 Å². The highest BCUT2D eigenvalue weighted by Gasteiger charge is 2.11. The first-order valence-electron chi connectivity index (χ1n) is 7.53. The highest BCUT2D eigenvalue weighted by Crippen LogP contribution is 2.18. The molecule has 0 unspecified atom stereocenters. The Balaban J connectivity index is 1.73. The van der Waals surface area contributed by atoms with Crippen molar-refractivity contribution in [1.29, 1.82) is 0 Å². The van der Waals surface area contributed by atoms with E-state index in [1.54, 1.807) is 6.92 Å². The number of nitrogens with one attached hydrogen (secondary N) is 1. The maximum absolute atomic E-state index is 14.0. The van der Waals surface area contributed by atoms with Gasteiger partial charge >= 0.3 is 0 Å². The third-order valence-electron chi connectivity index (χ3n) is 4.18. The highest BCUT2D eigenvalue weighted by atomic mass is 19.1. The molecule has 0 aliphatic rings. The normalized spacial score (nSPS) is 11.3. The standard InChI is InChI=1S/C18H19F2N3/c1-11-4-6-15(19)14(18(11)20)10-21-9-13-5-7-17-16(8-13)22-12(2)23(17)3/h4-8,21H,9-10H2,1-3H3. The van der Waals surface area contributed by atoms with Crippen molar-refractivity contribution < 1.29 is 8.78 Å². The van der Waals surface area contributed by atoms with E-state index in [2.05, 4.69) is 10.3 Å². The van der Waals surface area contributed by atoms with E-state index in [0.717, 1.165) is 22.4 Å². The van der Waals surface area contributed by atoms with E-state index in [4.69, 9.17) is 0 Å². The molecular formula is C18H19F2N3. The van der Waals surface area contributed by atoms with Gasteiger partial charge in [0.1, 0.15) is 17.5 Å². The van der Waals surface area contributed by atoms with E-state index in [0.29, 0.717) is 12.1 Å². The smallest absolute Gasteiger partial charge is 0.133 e. The maximum Gasteiger partial charge on any atom is 0.133 e. The lowest BCUT2D eigenvalue weighted by atomic mass is 10.1. The van der Waals surface area contributed by atoms with Gasteiger partial charge in [0.25, 0.3) is 0 Å². The number of halogens is 2. The zero-order chi connectivity index (χ0) is 16.6. The van der Waals surface area contributed by atoms with Crippen LogP contribution in [0.25, 0.3) is 11.0 Å². The summed E-state index contributed by atoms with van der Waals surface area (Å²) in [6.07, 6.45) is 0. The molecule has 0 amide bonds. The van der Waals surface area contributed by atoms with Gasteiger partial charge in [-0.25, -0.2) is 13.8 Å². The van der Waals surface area contributed by atoms with Crippen molar-refractivity contribution in [3.8, 4) is 0 Å². The van der Waals surface area contributed by atoms with Gasteiger partial charge in [-0.1, -0.05) is 12.1 Å². The number of imidazole rings is 1. The molecule has 5 heteroatoms. The summed E-state index contributed by atoms with van der Waals surface area (Å²) in [7, 11) is 1.98. The molecule has 2 aromatic carbocycles. The zero-order valence-electron chi connectivity index (χ0n) is 13.5. The van der Waals surface area contributed by atoms with Gasteiger partial charge in [-0.3, -0.25) is 0 Å². The summed E-state index contributed by atoms with van der Waals surface area (Å²) in [6, 6.07) is 8.77. The van der Waals surface area contributed by atoms with Gasteiger partial charge < -0.3 is 9.88 Å². The number of rotatable bonds is 4. The maximum atomic E-state index is 14.0. The van der Waals surface area contributed by atoms with Crippen LogP contribution in [0.4, 0.5) is 8.78 Å². The van der Waals surface area contributed by atoms with Crippen LogP contribution in [0, 0.1) is 25.5 Å². The second-order valence-electron chi connectivity index (χ2n) is 5.80. The molecular weight excluding hydrogens is 296 g/mol. The fourth-order valence-corrected chi connectivity index (χ4v) is 2.68. The Hall–Kier alpha value is -2.27.